The number of nitrogens with one attached hydrogen (secondary N) is 1. The summed E-state index contributed by atoms with van der Waals surface area (Å²) in [5.41, 5.74) is 5.60. The van der Waals surface area contributed by atoms with Crippen molar-refractivity contribution in [1.29, 1.82) is 0 Å². The maximum atomic E-state index is 11.6. The first kappa shape index (κ1) is 11.9. The Hall–Kier alpha value is -0.170. The molecule has 0 bridgehead atoms. The number of hydrogen-bond donors (Lipinski definition) is 2. The first-order valence-electron chi connectivity index (χ1n) is 4.93. The Bertz CT molecular complexity index is 278. The molecule has 1 fully saturated rings. The molecule has 6 heteroatoms. The van der Waals surface area contributed by atoms with Gasteiger partial charge in [-0.05, 0) is 18.8 Å². The first-order valence-corrected chi connectivity index (χ1v) is 6.37. The van der Waals surface area contributed by atoms with E-state index < -0.39 is 10.2 Å². The Morgan fingerprint density at radius 1 is 1.57 bits per heavy atom. The summed E-state index contributed by atoms with van der Waals surface area (Å²) in [5, 5.41) is 0. The normalized spacial score (nSPS) is 30.5. The van der Waals surface area contributed by atoms with Crippen molar-refractivity contribution in [3.05, 3.63) is 0 Å². The Morgan fingerprint density at radius 3 is 2.71 bits per heavy atom. The van der Waals surface area contributed by atoms with Gasteiger partial charge in [0, 0.05) is 26.2 Å². The van der Waals surface area contributed by atoms with Crippen LogP contribution in [0.15, 0.2) is 0 Å². The lowest BCUT2D eigenvalue weighted by Gasteiger charge is -2.37. The van der Waals surface area contributed by atoms with Gasteiger partial charge in [-0.2, -0.15) is 12.7 Å². The summed E-state index contributed by atoms with van der Waals surface area (Å²) in [4.78, 5) is 0. The van der Waals surface area contributed by atoms with Crippen molar-refractivity contribution < 1.29 is 8.42 Å². The zero-order valence-electron chi connectivity index (χ0n) is 8.73. The lowest BCUT2D eigenvalue weighted by Crippen LogP contribution is -2.54. The van der Waals surface area contributed by atoms with Crippen LogP contribution in [0.4, 0.5) is 0 Å². The van der Waals surface area contributed by atoms with E-state index in [1.807, 2.05) is 0 Å². The molecule has 2 unspecified atom stereocenters. The zero-order chi connectivity index (χ0) is 10.8. The maximum absolute atomic E-state index is 11.6. The van der Waals surface area contributed by atoms with Gasteiger partial charge in [-0.25, -0.2) is 4.72 Å². The second-order valence-electron chi connectivity index (χ2n) is 3.74. The molecule has 5 nitrogen and oxygen atoms in total. The minimum atomic E-state index is -3.31. The molecule has 1 heterocycles. The fraction of sp³-hybridized carbons (Fsp3) is 1.00. The molecule has 0 aromatic carbocycles. The van der Waals surface area contributed by atoms with Crippen LogP contribution in [0.25, 0.3) is 0 Å². The third-order valence-electron chi connectivity index (χ3n) is 2.87. The molecule has 1 aliphatic rings. The van der Waals surface area contributed by atoms with Gasteiger partial charge in [-0.3, -0.25) is 0 Å². The highest BCUT2D eigenvalue weighted by Crippen LogP contribution is 2.24. The van der Waals surface area contributed by atoms with Gasteiger partial charge in [0.2, 0.25) is 0 Å². The summed E-state index contributed by atoms with van der Waals surface area (Å²) in [5.74, 6) is 0.344. The van der Waals surface area contributed by atoms with Gasteiger partial charge in [-0.15, -0.1) is 0 Å². The van der Waals surface area contributed by atoms with E-state index in [1.165, 1.54) is 11.4 Å². The molecular weight excluding hydrogens is 202 g/mol. The standard InChI is InChI=1S/C8H19N3O2S/c1-7-4-3-5-11(8(7)6-9)14(12,13)10-2/h7-8,10H,3-6,9H2,1-2H3. The molecule has 0 amide bonds. The Kier molecular flexibility index (Phi) is 3.88. The Morgan fingerprint density at radius 2 is 2.21 bits per heavy atom. The summed E-state index contributed by atoms with van der Waals surface area (Å²) >= 11 is 0. The average molecular weight is 221 g/mol. The van der Waals surface area contributed by atoms with E-state index in [1.54, 1.807) is 0 Å². The maximum Gasteiger partial charge on any atom is 0.279 e. The van der Waals surface area contributed by atoms with Crippen molar-refractivity contribution in [3.63, 3.8) is 0 Å². The third kappa shape index (κ3) is 2.25. The van der Waals surface area contributed by atoms with Crippen molar-refractivity contribution in [2.75, 3.05) is 20.1 Å². The van der Waals surface area contributed by atoms with Crippen LogP contribution in [0.3, 0.4) is 0 Å². The Balaban J connectivity index is 2.85. The topological polar surface area (TPSA) is 75.4 Å². The molecule has 0 aliphatic carbocycles. The van der Waals surface area contributed by atoms with Crippen LogP contribution in [0.1, 0.15) is 19.8 Å². The number of piperidine rings is 1. The molecule has 0 saturated carbocycles. The van der Waals surface area contributed by atoms with Crippen LogP contribution in [-0.4, -0.2) is 38.9 Å². The monoisotopic (exact) mass is 221 g/mol. The molecule has 1 saturated heterocycles. The second kappa shape index (κ2) is 4.57. The lowest BCUT2D eigenvalue weighted by molar-refractivity contribution is 0.191. The summed E-state index contributed by atoms with van der Waals surface area (Å²) in [6, 6.07) is -0.0544. The van der Waals surface area contributed by atoms with E-state index in [2.05, 4.69) is 11.6 Å². The van der Waals surface area contributed by atoms with Crippen LogP contribution in [0.5, 0.6) is 0 Å². The fourth-order valence-corrected chi connectivity index (χ4v) is 3.23. The number of rotatable bonds is 3. The van der Waals surface area contributed by atoms with Gasteiger partial charge in [0.15, 0.2) is 0 Å². The average Bonchev–Trinajstić information content (AvgIpc) is 2.17. The van der Waals surface area contributed by atoms with Crippen LogP contribution < -0.4 is 10.5 Å². The number of hydrogen-bond acceptors (Lipinski definition) is 3. The first-order chi connectivity index (χ1) is 6.53. The summed E-state index contributed by atoms with van der Waals surface area (Å²) in [6.07, 6.45) is 1.97. The van der Waals surface area contributed by atoms with E-state index >= 15 is 0 Å². The largest absolute Gasteiger partial charge is 0.329 e. The van der Waals surface area contributed by atoms with E-state index in [4.69, 9.17) is 5.73 Å². The van der Waals surface area contributed by atoms with Gasteiger partial charge >= 0.3 is 0 Å². The predicted octanol–water partition coefficient (Wildman–Crippen LogP) is -0.490. The van der Waals surface area contributed by atoms with Crippen LogP contribution in [0.2, 0.25) is 0 Å². The van der Waals surface area contributed by atoms with Gasteiger partial charge in [0.25, 0.3) is 10.2 Å². The molecule has 2 atom stereocenters. The molecule has 3 N–H and O–H groups in total. The highest BCUT2D eigenvalue weighted by molar-refractivity contribution is 7.87. The summed E-state index contributed by atoms with van der Waals surface area (Å²) < 4.78 is 27.1. The highest BCUT2D eigenvalue weighted by Gasteiger charge is 2.34. The highest BCUT2D eigenvalue weighted by atomic mass is 32.2. The van der Waals surface area contributed by atoms with Crippen molar-refractivity contribution >= 4 is 10.2 Å². The molecule has 14 heavy (non-hydrogen) atoms. The molecule has 1 aliphatic heterocycles. The molecule has 0 aromatic heterocycles. The van der Waals surface area contributed by atoms with Gasteiger partial charge in [0.05, 0.1) is 0 Å². The van der Waals surface area contributed by atoms with Crippen molar-refractivity contribution in [2.24, 2.45) is 11.7 Å². The van der Waals surface area contributed by atoms with Crippen molar-refractivity contribution in [1.82, 2.24) is 9.03 Å². The molecule has 0 spiro atoms. The van der Waals surface area contributed by atoms with Crippen LogP contribution >= 0.6 is 0 Å². The van der Waals surface area contributed by atoms with E-state index in [0.717, 1.165) is 12.8 Å². The molecular formula is C8H19N3O2S. The van der Waals surface area contributed by atoms with E-state index in [-0.39, 0.29) is 6.04 Å². The predicted molar refractivity (Wildman–Crippen MR) is 55.9 cm³/mol. The van der Waals surface area contributed by atoms with E-state index in [9.17, 15) is 8.42 Å². The zero-order valence-corrected chi connectivity index (χ0v) is 9.55. The van der Waals surface area contributed by atoms with Crippen LogP contribution in [0, 0.1) is 5.92 Å². The van der Waals surface area contributed by atoms with Crippen molar-refractivity contribution in [2.45, 2.75) is 25.8 Å². The SMILES string of the molecule is CNS(=O)(=O)N1CCCC(C)C1CN. The van der Waals surface area contributed by atoms with E-state index in [0.29, 0.717) is 19.0 Å². The Labute approximate surface area is 85.8 Å². The van der Waals surface area contributed by atoms with Gasteiger partial charge in [0.1, 0.15) is 0 Å². The third-order valence-corrected chi connectivity index (χ3v) is 4.46. The minimum Gasteiger partial charge on any atom is -0.329 e. The van der Waals surface area contributed by atoms with Crippen LogP contribution in [-0.2, 0) is 10.2 Å². The van der Waals surface area contributed by atoms with Gasteiger partial charge < -0.3 is 5.73 Å². The minimum absolute atomic E-state index is 0.0544. The molecule has 84 valence electrons. The summed E-state index contributed by atoms with van der Waals surface area (Å²) in [7, 11) is -1.88. The second-order valence-corrected chi connectivity index (χ2v) is 5.57. The molecule has 0 radical (unpaired) electrons. The quantitative estimate of drug-likeness (QED) is 0.675. The smallest absolute Gasteiger partial charge is 0.279 e. The number of nitrogens with zero attached hydrogens (tertiary/aromatic N) is 1. The van der Waals surface area contributed by atoms with Crippen molar-refractivity contribution in [3.8, 4) is 0 Å². The molecule has 1 rings (SSSR count). The molecule has 0 aromatic rings. The lowest BCUT2D eigenvalue weighted by atomic mass is 9.93. The number of nitrogens with two attached hydrogens (primary N) is 1. The summed E-state index contributed by atoms with van der Waals surface area (Å²) in [6.45, 7) is 3.02. The van der Waals surface area contributed by atoms with Gasteiger partial charge in [-0.1, -0.05) is 6.92 Å². The fourth-order valence-electron chi connectivity index (χ4n) is 1.98.